The Morgan fingerprint density at radius 3 is 2.90 bits per heavy atom. The van der Waals surface area contributed by atoms with Crippen LogP contribution >= 0.6 is 11.6 Å². The van der Waals surface area contributed by atoms with Crippen LogP contribution in [0.15, 0.2) is 18.2 Å². The van der Waals surface area contributed by atoms with E-state index >= 15 is 0 Å². The standard InChI is InChI=1S/C17H27ClN2/c1-3-7-16-8-5-6-11-20(16)17-12-15(18)10-9-14(17)13-19-4-2/h9-10,12,16,19H,3-8,11,13H2,1-2H3. The molecular formula is C17H27ClN2. The van der Waals surface area contributed by atoms with Gasteiger partial charge in [0.15, 0.2) is 0 Å². The number of nitrogens with one attached hydrogen (secondary N) is 1. The van der Waals surface area contributed by atoms with Crippen molar-refractivity contribution in [2.75, 3.05) is 18.0 Å². The minimum atomic E-state index is 0.688. The van der Waals surface area contributed by atoms with Crippen LogP contribution in [0.2, 0.25) is 5.02 Å². The van der Waals surface area contributed by atoms with Gasteiger partial charge in [0, 0.05) is 29.8 Å². The van der Waals surface area contributed by atoms with Crippen LogP contribution in [0, 0.1) is 0 Å². The summed E-state index contributed by atoms with van der Waals surface area (Å²) >= 11 is 6.25. The zero-order chi connectivity index (χ0) is 14.4. The molecule has 0 saturated carbocycles. The summed E-state index contributed by atoms with van der Waals surface area (Å²) in [5.41, 5.74) is 2.72. The van der Waals surface area contributed by atoms with Crippen molar-refractivity contribution >= 4 is 17.3 Å². The molecule has 1 heterocycles. The van der Waals surface area contributed by atoms with E-state index in [1.807, 2.05) is 6.07 Å². The highest BCUT2D eigenvalue weighted by Crippen LogP contribution is 2.32. The van der Waals surface area contributed by atoms with E-state index in [9.17, 15) is 0 Å². The minimum absolute atomic E-state index is 0.688. The molecule has 1 N–H and O–H groups in total. The molecule has 0 radical (unpaired) electrons. The van der Waals surface area contributed by atoms with E-state index < -0.39 is 0 Å². The molecule has 1 atom stereocenters. The molecule has 0 aliphatic carbocycles. The Morgan fingerprint density at radius 2 is 2.15 bits per heavy atom. The monoisotopic (exact) mass is 294 g/mol. The van der Waals surface area contributed by atoms with Crippen LogP contribution in [-0.2, 0) is 6.54 Å². The van der Waals surface area contributed by atoms with Gasteiger partial charge in [-0.2, -0.15) is 0 Å². The highest BCUT2D eigenvalue weighted by atomic mass is 35.5. The number of hydrogen-bond donors (Lipinski definition) is 1. The second-order valence-corrected chi connectivity index (χ2v) is 6.12. The molecule has 2 rings (SSSR count). The number of benzene rings is 1. The number of halogens is 1. The summed E-state index contributed by atoms with van der Waals surface area (Å²) in [5.74, 6) is 0. The summed E-state index contributed by atoms with van der Waals surface area (Å²) < 4.78 is 0. The van der Waals surface area contributed by atoms with Crippen molar-refractivity contribution < 1.29 is 0 Å². The molecule has 0 bridgehead atoms. The smallest absolute Gasteiger partial charge is 0.0429 e. The van der Waals surface area contributed by atoms with Crippen molar-refractivity contribution in [2.45, 2.75) is 58.5 Å². The Morgan fingerprint density at radius 1 is 1.30 bits per heavy atom. The Hall–Kier alpha value is -0.730. The maximum absolute atomic E-state index is 6.25. The number of anilines is 1. The van der Waals surface area contributed by atoms with Gasteiger partial charge < -0.3 is 10.2 Å². The molecule has 112 valence electrons. The van der Waals surface area contributed by atoms with Gasteiger partial charge in [-0.25, -0.2) is 0 Å². The number of piperidine rings is 1. The van der Waals surface area contributed by atoms with Gasteiger partial charge in [-0.15, -0.1) is 0 Å². The molecule has 0 amide bonds. The van der Waals surface area contributed by atoms with E-state index in [1.165, 1.54) is 49.9 Å². The third-order valence-corrected chi connectivity index (χ3v) is 4.41. The lowest BCUT2D eigenvalue weighted by molar-refractivity contribution is 0.433. The molecular weight excluding hydrogens is 268 g/mol. The van der Waals surface area contributed by atoms with Crippen molar-refractivity contribution in [3.05, 3.63) is 28.8 Å². The fourth-order valence-electron chi connectivity index (χ4n) is 3.16. The Labute approximate surface area is 128 Å². The van der Waals surface area contributed by atoms with Gasteiger partial charge >= 0.3 is 0 Å². The van der Waals surface area contributed by atoms with Crippen LogP contribution in [0.1, 0.15) is 51.5 Å². The van der Waals surface area contributed by atoms with E-state index in [-0.39, 0.29) is 0 Å². The molecule has 1 aliphatic rings. The molecule has 1 unspecified atom stereocenters. The van der Waals surface area contributed by atoms with Gasteiger partial charge in [-0.3, -0.25) is 0 Å². The van der Waals surface area contributed by atoms with Gasteiger partial charge in [-0.1, -0.05) is 37.9 Å². The quantitative estimate of drug-likeness (QED) is 0.824. The van der Waals surface area contributed by atoms with Crippen LogP contribution < -0.4 is 10.2 Å². The maximum Gasteiger partial charge on any atom is 0.0429 e. The Kier molecular flexibility index (Phi) is 6.18. The first-order valence-electron chi connectivity index (χ1n) is 8.02. The second kappa shape index (κ2) is 7.90. The molecule has 1 saturated heterocycles. The Bertz CT molecular complexity index is 417. The number of nitrogens with zero attached hydrogens (tertiary/aromatic N) is 1. The molecule has 1 aromatic rings. The summed E-state index contributed by atoms with van der Waals surface area (Å²) in [6, 6.07) is 7.03. The lowest BCUT2D eigenvalue weighted by Gasteiger charge is -2.39. The van der Waals surface area contributed by atoms with Crippen LogP contribution in [0.25, 0.3) is 0 Å². The van der Waals surface area contributed by atoms with Gasteiger partial charge in [0.05, 0.1) is 0 Å². The molecule has 20 heavy (non-hydrogen) atoms. The van der Waals surface area contributed by atoms with Gasteiger partial charge in [0.2, 0.25) is 0 Å². The van der Waals surface area contributed by atoms with Crippen LogP contribution in [0.5, 0.6) is 0 Å². The molecule has 1 fully saturated rings. The maximum atomic E-state index is 6.25. The molecule has 0 aromatic heterocycles. The molecule has 2 nitrogen and oxygen atoms in total. The first-order chi connectivity index (χ1) is 9.76. The summed E-state index contributed by atoms with van der Waals surface area (Å²) in [6.45, 7) is 7.53. The van der Waals surface area contributed by atoms with E-state index in [1.54, 1.807) is 0 Å². The topological polar surface area (TPSA) is 15.3 Å². The average molecular weight is 295 g/mol. The summed E-state index contributed by atoms with van der Waals surface area (Å²) in [6.07, 6.45) is 6.52. The SMILES string of the molecule is CCCC1CCCCN1c1cc(Cl)ccc1CNCC. The minimum Gasteiger partial charge on any atom is -0.368 e. The summed E-state index contributed by atoms with van der Waals surface area (Å²) in [4.78, 5) is 2.60. The Balaban J connectivity index is 2.25. The third kappa shape index (κ3) is 3.89. The van der Waals surface area contributed by atoms with E-state index in [2.05, 4.69) is 36.2 Å². The summed E-state index contributed by atoms with van der Waals surface area (Å²) in [7, 11) is 0. The normalized spacial score (nSPS) is 19.4. The van der Waals surface area contributed by atoms with Crippen molar-refractivity contribution in [1.29, 1.82) is 0 Å². The highest BCUT2D eigenvalue weighted by Gasteiger charge is 2.23. The predicted octanol–water partition coefficient (Wildman–Crippen LogP) is 4.61. The van der Waals surface area contributed by atoms with Crippen molar-refractivity contribution in [2.24, 2.45) is 0 Å². The second-order valence-electron chi connectivity index (χ2n) is 5.69. The largest absolute Gasteiger partial charge is 0.368 e. The van der Waals surface area contributed by atoms with E-state index in [0.717, 1.165) is 18.1 Å². The zero-order valence-electron chi connectivity index (χ0n) is 12.8. The first-order valence-corrected chi connectivity index (χ1v) is 8.39. The third-order valence-electron chi connectivity index (χ3n) is 4.17. The predicted molar refractivity (Wildman–Crippen MR) is 88.7 cm³/mol. The lowest BCUT2D eigenvalue weighted by Crippen LogP contribution is -2.40. The van der Waals surface area contributed by atoms with Crippen molar-refractivity contribution in [3.8, 4) is 0 Å². The molecule has 1 aromatic carbocycles. The number of hydrogen-bond acceptors (Lipinski definition) is 2. The van der Waals surface area contributed by atoms with E-state index in [0.29, 0.717) is 6.04 Å². The fourth-order valence-corrected chi connectivity index (χ4v) is 3.33. The van der Waals surface area contributed by atoms with Crippen molar-refractivity contribution in [1.82, 2.24) is 5.32 Å². The fraction of sp³-hybridized carbons (Fsp3) is 0.647. The van der Waals surface area contributed by atoms with Crippen molar-refractivity contribution in [3.63, 3.8) is 0 Å². The highest BCUT2D eigenvalue weighted by molar-refractivity contribution is 6.30. The molecule has 3 heteroatoms. The van der Waals surface area contributed by atoms with Gasteiger partial charge in [0.25, 0.3) is 0 Å². The lowest BCUT2D eigenvalue weighted by atomic mass is 9.96. The first kappa shape index (κ1) is 15.7. The molecule has 1 aliphatic heterocycles. The van der Waals surface area contributed by atoms with Crippen LogP contribution in [0.3, 0.4) is 0 Å². The van der Waals surface area contributed by atoms with Gasteiger partial charge in [0.1, 0.15) is 0 Å². The molecule has 0 spiro atoms. The van der Waals surface area contributed by atoms with Crippen LogP contribution in [-0.4, -0.2) is 19.1 Å². The van der Waals surface area contributed by atoms with E-state index in [4.69, 9.17) is 11.6 Å². The zero-order valence-corrected chi connectivity index (χ0v) is 13.5. The summed E-state index contributed by atoms with van der Waals surface area (Å²) in [5, 5.41) is 4.29. The van der Waals surface area contributed by atoms with Crippen LogP contribution in [0.4, 0.5) is 5.69 Å². The number of rotatable bonds is 6. The average Bonchev–Trinajstić information content (AvgIpc) is 2.47. The van der Waals surface area contributed by atoms with Gasteiger partial charge in [-0.05, 0) is 49.9 Å².